The number of piperidine rings is 1. The van der Waals surface area contributed by atoms with Crippen molar-refractivity contribution in [2.24, 2.45) is 0 Å². The first kappa shape index (κ1) is 19.9. The average Bonchev–Trinajstić information content (AvgIpc) is 2.63. The SMILES string of the molecule is CS(=O)NC1CCCN[C@H]1COC1CCC(c2cc(F)ccc2F)CC1. The number of hydrogen-bond donors (Lipinski definition) is 2. The van der Waals surface area contributed by atoms with Crippen LogP contribution in [0.1, 0.15) is 50.0 Å². The van der Waals surface area contributed by atoms with Gasteiger partial charge in [0.05, 0.1) is 23.7 Å². The van der Waals surface area contributed by atoms with Crippen LogP contribution in [0, 0.1) is 11.6 Å². The van der Waals surface area contributed by atoms with E-state index in [1.807, 2.05) is 0 Å². The van der Waals surface area contributed by atoms with Crippen LogP contribution in [0.2, 0.25) is 0 Å². The smallest absolute Gasteiger partial charge is 0.126 e. The van der Waals surface area contributed by atoms with Gasteiger partial charge in [0.15, 0.2) is 0 Å². The van der Waals surface area contributed by atoms with Crippen LogP contribution in [0.5, 0.6) is 0 Å². The van der Waals surface area contributed by atoms with Crippen molar-refractivity contribution in [3.63, 3.8) is 0 Å². The Morgan fingerprint density at radius 2 is 2.00 bits per heavy atom. The summed E-state index contributed by atoms with van der Waals surface area (Å²) in [7, 11) is -1.03. The van der Waals surface area contributed by atoms with Crippen LogP contribution in [0.3, 0.4) is 0 Å². The van der Waals surface area contributed by atoms with E-state index in [1.54, 1.807) is 6.26 Å². The fraction of sp³-hybridized carbons (Fsp3) is 0.684. The minimum atomic E-state index is -1.03. The number of rotatable bonds is 6. The van der Waals surface area contributed by atoms with Crippen molar-refractivity contribution < 1.29 is 17.7 Å². The predicted octanol–water partition coefficient (Wildman–Crippen LogP) is 3.01. The molecule has 0 radical (unpaired) electrons. The second-order valence-corrected chi connectivity index (χ2v) is 8.50. The summed E-state index contributed by atoms with van der Waals surface area (Å²) in [4.78, 5) is 0. The van der Waals surface area contributed by atoms with Gasteiger partial charge in [0.2, 0.25) is 0 Å². The van der Waals surface area contributed by atoms with Gasteiger partial charge in [-0.15, -0.1) is 0 Å². The van der Waals surface area contributed by atoms with E-state index in [-0.39, 0.29) is 35.7 Å². The molecule has 1 heterocycles. The van der Waals surface area contributed by atoms with E-state index in [2.05, 4.69) is 10.0 Å². The lowest BCUT2D eigenvalue weighted by Gasteiger charge is -2.35. The lowest BCUT2D eigenvalue weighted by atomic mass is 9.82. The van der Waals surface area contributed by atoms with Gasteiger partial charge in [-0.25, -0.2) is 17.7 Å². The molecule has 1 aromatic rings. The van der Waals surface area contributed by atoms with Crippen molar-refractivity contribution in [1.82, 2.24) is 10.0 Å². The Kier molecular flexibility index (Phi) is 7.14. The van der Waals surface area contributed by atoms with Gasteiger partial charge in [-0.1, -0.05) is 0 Å². The average molecular weight is 387 g/mol. The van der Waals surface area contributed by atoms with E-state index < -0.39 is 11.0 Å². The van der Waals surface area contributed by atoms with E-state index in [1.165, 1.54) is 18.2 Å². The quantitative estimate of drug-likeness (QED) is 0.790. The Labute approximate surface area is 156 Å². The first-order valence-electron chi connectivity index (χ1n) is 9.42. The minimum absolute atomic E-state index is 0.0651. The number of nitrogens with one attached hydrogen (secondary N) is 2. The minimum Gasteiger partial charge on any atom is -0.377 e. The highest BCUT2D eigenvalue weighted by atomic mass is 32.2. The summed E-state index contributed by atoms with van der Waals surface area (Å²) in [5, 5.41) is 3.45. The molecule has 2 fully saturated rings. The van der Waals surface area contributed by atoms with Gasteiger partial charge in [0.1, 0.15) is 11.6 Å². The Morgan fingerprint density at radius 1 is 1.23 bits per heavy atom. The summed E-state index contributed by atoms with van der Waals surface area (Å²) in [5.74, 6) is -0.631. The van der Waals surface area contributed by atoms with Gasteiger partial charge >= 0.3 is 0 Å². The van der Waals surface area contributed by atoms with Crippen LogP contribution < -0.4 is 10.0 Å². The van der Waals surface area contributed by atoms with Crippen molar-refractivity contribution in [2.45, 2.75) is 62.6 Å². The number of halogens is 2. The monoisotopic (exact) mass is 386 g/mol. The van der Waals surface area contributed by atoms with E-state index in [4.69, 9.17) is 4.74 Å². The first-order valence-corrected chi connectivity index (χ1v) is 11.0. The van der Waals surface area contributed by atoms with Gasteiger partial charge in [-0.3, -0.25) is 0 Å². The third kappa shape index (κ3) is 5.31. The molecule has 2 N–H and O–H groups in total. The highest BCUT2D eigenvalue weighted by Gasteiger charge is 2.29. The second-order valence-electron chi connectivity index (χ2n) is 7.35. The maximum Gasteiger partial charge on any atom is 0.126 e. The van der Waals surface area contributed by atoms with Crippen molar-refractivity contribution in [1.29, 1.82) is 0 Å². The van der Waals surface area contributed by atoms with Crippen LogP contribution in [0.15, 0.2) is 18.2 Å². The highest BCUT2D eigenvalue weighted by molar-refractivity contribution is 7.82. The fourth-order valence-corrected chi connectivity index (χ4v) is 4.80. The summed E-state index contributed by atoms with van der Waals surface area (Å²) in [5.41, 5.74) is 0.493. The topological polar surface area (TPSA) is 50.4 Å². The molecule has 1 saturated heterocycles. The molecule has 0 bridgehead atoms. The van der Waals surface area contributed by atoms with E-state index in [0.29, 0.717) is 12.2 Å². The summed E-state index contributed by atoms with van der Waals surface area (Å²) in [6, 6.07) is 4.03. The van der Waals surface area contributed by atoms with Gasteiger partial charge < -0.3 is 10.1 Å². The van der Waals surface area contributed by atoms with Crippen molar-refractivity contribution in [3.05, 3.63) is 35.4 Å². The van der Waals surface area contributed by atoms with E-state index in [0.717, 1.165) is 45.1 Å². The van der Waals surface area contributed by atoms with Crippen molar-refractivity contribution in [2.75, 3.05) is 19.4 Å². The Balaban J connectivity index is 1.48. The number of ether oxygens (including phenoxy) is 1. The van der Waals surface area contributed by atoms with Crippen molar-refractivity contribution in [3.8, 4) is 0 Å². The molecule has 1 aromatic carbocycles. The normalized spacial score (nSPS) is 30.9. The molecule has 3 atom stereocenters. The summed E-state index contributed by atoms with van der Waals surface area (Å²) >= 11 is 0. The number of hydrogen-bond acceptors (Lipinski definition) is 3. The molecule has 26 heavy (non-hydrogen) atoms. The maximum absolute atomic E-state index is 14.0. The molecule has 2 aliphatic rings. The van der Waals surface area contributed by atoms with Crippen LogP contribution in [-0.4, -0.2) is 41.8 Å². The largest absolute Gasteiger partial charge is 0.377 e. The van der Waals surface area contributed by atoms with Crippen molar-refractivity contribution >= 4 is 11.0 Å². The van der Waals surface area contributed by atoms with Crippen LogP contribution in [-0.2, 0) is 15.7 Å². The van der Waals surface area contributed by atoms with Crippen LogP contribution in [0.25, 0.3) is 0 Å². The second kappa shape index (κ2) is 9.35. The molecule has 0 amide bonds. The molecule has 1 aliphatic carbocycles. The molecule has 3 rings (SSSR count). The zero-order valence-corrected chi connectivity index (χ0v) is 16.0. The third-order valence-corrected chi connectivity index (χ3v) is 6.12. The third-order valence-electron chi connectivity index (χ3n) is 5.49. The standard InChI is InChI=1S/C19H28F2N2O2S/c1-26(24)23-18-3-2-10-22-19(18)12-25-15-7-4-13(5-8-15)16-11-14(20)6-9-17(16)21/h6,9,11,13,15,18-19,22-23H,2-5,7-8,10,12H2,1H3/t13?,15?,18?,19-,26?/m0/s1. The van der Waals surface area contributed by atoms with Crippen LogP contribution >= 0.6 is 0 Å². The molecule has 1 aliphatic heterocycles. The fourth-order valence-electron chi connectivity index (χ4n) is 4.09. The molecule has 146 valence electrons. The Bertz CT molecular complexity index is 624. The molecular formula is C19H28F2N2O2S. The maximum atomic E-state index is 14.0. The van der Waals surface area contributed by atoms with Gasteiger partial charge in [-0.2, -0.15) is 0 Å². The zero-order valence-electron chi connectivity index (χ0n) is 15.2. The lowest BCUT2D eigenvalue weighted by Crippen LogP contribution is -2.54. The highest BCUT2D eigenvalue weighted by Crippen LogP contribution is 2.35. The van der Waals surface area contributed by atoms with Gasteiger partial charge in [-0.05, 0) is 74.8 Å². The van der Waals surface area contributed by atoms with Gasteiger partial charge in [0.25, 0.3) is 0 Å². The lowest BCUT2D eigenvalue weighted by molar-refractivity contribution is 0.00513. The molecule has 2 unspecified atom stereocenters. The summed E-state index contributed by atoms with van der Waals surface area (Å²) < 4.78 is 48.0. The van der Waals surface area contributed by atoms with Crippen LogP contribution in [0.4, 0.5) is 8.78 Å². The zero-order chi connectivity index (χ0) is 18.5. The predicted molar refractivity (Wildman–Crippen MR) is 99.3 cm³/mol. The first-order chi connectivity index (χ1) is 12.5. The molecule has 0 aromatic heterocycles. The molecule has 7 heteroatoms. The molecule has 0 spiro atoms. The Morgan fingerprint density at radius 3 is 2.73 bits per heavy atom. The van der Waals surface area contributed by atoms with Gasteiger partial charge in [0, 0.05) is 18.3 Å². The van der Waals surface area contributed by atoms with E-state index in [9.17, 15) is 13.0 Å². The summed E-state index contributed by atoms with van der Waals surface area (Å²) in [6.07, 6.45) is 7.19. The molecule has 1 saturated carbocycles. The number of benzene rings is 1. The Hall–Kier alpha value is -0.890. The molecule has 4 nitrogen and oxygen atoms in total. The molecular weight excluding hydrogens is 358 g/mol. The summed E-state index contributed by atoms with van der Waals surface area (Å²) in [6.45, 7) is 1.53. The van der Waals surface area contributed by atoms with E-state index >= 15 is 0 Å².